The monoisotopic (exact) mass is 233 g/mol. The van der Waals surface area contributed by atoms with E-state index < -0.39 is 5.38 Å². The zero-order valence-electron chi connectivity index (χ0n) is 8.08. The summed E-state index contributed by atoms with van der Waals surface area (Å²) in [6.07, 6.45) is 1.92. The van der Waals surface area contributed by atoms with Crippen molar-refractivity contribution in [3.05, 3.63) is 5.01 Å². The molecule has 0 radical (unpaired) electrons. The van der Waals surface area contributed by atoms with E-state index in [1.165, 1.54) is 11.3 Å². The zero-order valence-corrected chi connectivity index (χ0v) is 9.65. The van der Waals surface area contributed by atoms with Crippen LogP contribution in [0.3, 0.4) is 0 Å². The number of aryl methyl sites for hydroxylation is 1. The molecule has 0 spiro atoms. The molecule has 0 aliphatic rings. The second kappa shape index (κ2) is 5.26. The van der Waals surface area contributed by atoms with E-state index in [1.54, 1.807) is 6.92 Å². The molecule has 0 bridgehead atoms. The van der Waals surface area contributed by atoms with Crippen LogP contribution in [0.25, 0.3) is 0 Å². The third-order valence-electron chi connectivity index (χ3n) is 1.52. The lowest BCUT2D eigenvalue weighted by molar-refractivity contribution is -0.115. The van der Waals surface area contributed by atoms with Crippen molar-refractivity contribution in [3.8, 4) is 0 Å². The maximum atomic E-state index is 11.2. The minimum Gasteiger partial charge on any atom is -0.299 e. The maximum absolute atomic E-state index is 11.2. The highest BCUT2D eigenvalue weighted by molar-refractivity contribution is 7.15. The summed E-state index contributed by atoms with van der Waals surface area (Å²) in [4.78, 5) is 11.2. The average Bonchev–Trinajstić information content (AvgIpc) is 2.53. The Labute approximate surface area is 91.7 Å². The van der Waals surface area contributed by atoms with Gasteiger partial charge in [0, 0.05) is 6.42 Å². The number of amides is 1. The molecule has 1 N–H and O–H groups in total. The largest absolute Gasteiger partial charge is 0.299 e. The Morgan fingerprint density at radius 3 is 2.93 bits per heavy atom. The molecule has 0 fully saturated rings. The van der Waals surface area contributed by atoms with Crippen LogP contribution in [0.4, 0.5) is 5.13 Å². The van der Waals surface area contributed by atoms with Gasteiger partial charge in [0.15, 0.2) is 0 Å². The lowest BCUT2D eigenvalue weighted by Crippen LogP contribution is -2.20. The number of halogens is 1. The molecule has 78 valence electrons. The summed E-state index contributed by atoms with van der Waals surface area (Å²) in [5.74, 6) is -0.245. The Kier molecular flexibility index (Phi) is 4.28. The first-order chi connectivity index (χ1) is 6.63. The number of aromatic nitrogens is 2. The van der Waals surface area contributed by atoms with Gasteiger partial charge in [-0.3, -0.25) is 10.1 Å². The maximum Gasteiger partial charge on any atom is 0.243 e. The molecule has 1 aromatic heterocycles. The summed E-state index contributed by atoms with van der Waals surface area (Å²) >= 11 is 6.98. The highest BCUT2D eigenvalue weighted by Crippen LogP contribution is 2.16. The lowest BCUT2D eigenvalue weighted by Gasteiger charge is -2.00. The molecule has 0 aromatic carbocycles. The topological polar surface area (TPSA) is 54.9 Å². The van der Waals surface area contributed by atoms with Crippen molar-refractivity contribution in [2.45, 2.75) is 32.1 Å². The van der Waals surface area contributed by atoms with Crippen LogP contribution in [0.5, 0.6) is 0 Å². The Hall–Kier alpha value is -0.680. The van der Waals surface area contributed by atoms with Crippen molar-refractivity contribution < 1.29 is 4.79 Å². The third-order valence-corrected chi connectivity index (χ3v) is 2.62. The third kappa shape index (κ3) is 3.23. The second-order valence-corrected chi connectivity index (χ2v) is 4.57. The summed E-state index contributed by atoms with van der Waals surface area (Å²) in [7, 11) is 0. The fraction of sp³-hybridized carbons (Fsp3) is 0.625. The predicted octanol–water partition coefficient (Wildman–Crippen LogP) is 2.06. The molecule has 0 saturated carbocycles. The summed E-state index contributed by atoms with van der Waals surface area (Å²) in [5.41, 5.74) is 0. The van der Waals surface area contributed by atoms with Crippen molar-refractivity contribution in [1.82, 2.24) is 10.2 Å². The highest BCUT2D eigenvalue weighted by Gasteiger charge is 2.11. The zero-order chi connectivity index (χ0) is 10.6. The first-order valence-electron chi connectivity index (χ1n) is 4.40. The Bertz CT molecular complexity index is 313. The normalized spacial score (nSPS) is 12.5. The van der Waals surface area contributed by atoms with Gasteiger partial charge in [-0.25, -0.2) is 0 Å². The van der Waals surface area contributed by atoms with Crippen LogP contribution in [0.2, 0.25) is 0 Å². The number of hydrogen-bond donors (Lipinski definition) is 1. The van der Waals surface area contributed by atoms with Gasteiger partial charge in [-0.15, -0.1) is 21.8 Å². The van der Waals surface area contributed by atoms with Crippen molar-refractivity contribution >= 4 is 34.0 Å². The van der Waals surface area contributed by atoms with Crippen molar-refractivity contribution in [2.75, 3.05) is 5.32 Å². The molecule has 1 amide bonds. The second-order valence-electron chi connectivity index (χ2n) is 2.86. The van der Waals surface area contributed by atoms with E-state index in [4.69, 9.17) is 11.6 Å². The van der Waals surface area contributed by atoms with Gasteiger partial charge in [0.1, 0.15) is 10.4 Å². The van der Waals surface area contributed by atoms with Gasteiger partial charge in [0.25, 0.3) is 0 Å². The van der Waals surface area contributed by atoms with Crippen LogP contribution in [-0.2, 0) is 11.2 Å². The van der Waals surface area contributed by atoms with Gasteiger partial charge in [0.2, 0.25) is 11.0 Å². The van der Waals surface area contributed by atoms with Crippen LogP contribution >= 0.6 is 22.9 Å². The van der Waals surface area contributed by atoms with Gasteiger partial charge >= 0.3 is 0 Å². The molecular formula is C8H12ClN3OS. The molecule has 14 heavy (non-hydrogen) atoms. The van der Waals surface area contributed by atoms with Crippen molar-refractivity contribution in [2.24, 2.45) is 0 Å². The molecule has 1 atom stereocenters. The fourth-order valence-electron chi connectivity index (χ4n) is 0.824. The number of nitrogens with one attached hydrogen (secondary N) is 1. The van der Waals surface area contributed by atoms with E-state index >= 15 is 0 Å². The van der Waals surface area contributed by atoms with Gasteiger partial charge in [-0.2, -0.15) is 0 Å². The van der Waals surface area contributed by atoms with Crippen LogP contribution < -0.4 is 5.32 Å². The lowest BCUT2D eigenvalue weighted by atomic mass is 10.4. The summed E-state index contributed by atoms with van der Waals surface area (Å²) < 4.78 is 0. The number of alkyl halides is 1. The minimum atomic E-state index is -0.548. The molecule has 0 unspecified atom stereocenters. The van der Waals surface area contributed by atoms with Crippen LogP contribution in [0.15, 0.2) is 0 Å². The van der Waals surface area contributed by atoms with Gasteiger partial charge in [-0.05, 0) is 13.3 Å². The molecule has 1 heterocycles. The smallest absolute Gasteiger partial charge is 0.243 e. The molecule has 6 heteroatoms. The molecular weight excluding hydrogens is 222 g/mol. The van der Waals surface area contributed by atoms with Crippen LogP contribution in [0.1, 0.15) is 25.3 Å². The molecule has 4 nitrogen and oxygen atoms in total. The SMILES string of the molecule is CCCc1nnc(NC(=O)[C@@H](C)Cl)s1. The van der Waals surface area contributed by atoms with E-state index in [1.807, 2.05) is 0 Å². The predicted molar refractivity (Wildman–Crippen MR) is 57.8 cm³/mol. The first-order valence-corrected chi connectivity index (χ1v) is 5.66. The first kappa shape index (κ1) is 11.4. The number of rotatable bonds is 4. The summed E-state index contributed by atoms with van der Waals surface area (Å²) in [5, 5.41) is 11.3. The van der Waals surface area contributed by atoms with E-state index in [9.17, 15) is 4.79 Å². The summed E-state index contributed by atoms with van der Waals surface area (Å²) in [6.45, 7) is 3.69. The number of nitrogens with zero attached hydrogens (tertiary/aromatic N) is 2. The fourth-order valence-corrected chi connectivity index (χ4v) is 1.72. The Morgan fingerprint density at radius 2 is 2.36 bits per heavy atom. The van der Waals surface area contributed by atoms with E-state index in [2.05, 4.69) is 22.4 Å². The number of hydrogen-bond acceptors (Lipinski definition) is 4. The Balaban J connectivity index is 2.55. The van der Waals surface area contributed by atoms with Crippen molar-refractivity contribution in [3.63, 3.8) is 0 Å². The van der Waals surface area contributed by atoms with Gasteiger partial charge in [-0.1, -0.05) is 18.3 Å². The van der Waals surface area contributed by atoms with Gasteiger partial charge < -0.3 is 0 Å². The molecule has 1 rings (SSSR count). The van der Waals surface area contributed by atoms with E-state index in [-0.39, 0.29) is 5.91 Å². The van der Waals surface area contributed by atoms with E-state index in [0.717, 1.165) is 17.8 Å². The number of carbonyl (C=O) groups excluding carboxylic acids is 1. The minimum absolute atomic E-state index is 0.245. The molecule has 0 saturated heterocycles. The highest BCUT2D eigenvalue weighted by atomic mass is 35.5. The molecule has 0 aliphatic heterocycles. The standard InChI is InChI=1S/C8H12ClN3OS/c1-3-4-6-11-12-8(14-6)10-7(13)5(2)9/h5H,3-4H2,1-2H3,(H,10,12,13)/t5-/m1/s1. The van der Waals surface area contributed by atoms with Gasteiger partial charge in [0.05, 0.1) is 0 Å². The van der Waals surface area contributed by atoms with Crippen LogP contribution in [-0.4, -0.2) is 21.5 Å². The quantitative estimate of drug-likeness (QED) is 0.810. The van der Waals surface area contributed by atoms with E-state index in [0.29, 0.717) is 5.13 Å². The number of anilines is 1. The van der Waals surface area contributed by atoms with Crippen LogP contribution in [0, 0.1) is 0 Å². The number of carbonyl (C=O) groups is 1. The Morgan fingerprint density at radius 1 is 1.64 bits per heavy atom. The van der Waals surface area contributed by atoms with Crippen molar-refractivity contribution in [1.29, 1.82) is 0 Å². The average molecular weight is 234 g/mol. The molecule has 1 aromatic rings. The molecule has 0 aliphatic carbocycles. The summed E-state index contributed by atoms with van der Waals surface area (Å²) in [6, 6.07) is 0.